The number of anilines is 1. The van der Waals surface area contributed by atoms with Crippen LogP contribution in [0.3, 0.4) is 0 Å². The molecule has 2 aromatic carbocycles. The van der Waals surface area contributed by atoms with E-state index in [1.54, 1.807) is 35.2 Å². The second-order valence-corrected chi connectivity index (χ2v) is 7.22. The first-order valence-electron chi connectivity index (χ1n) is 9.32. The van der Waals surface area contributed by atoms with E-state index in [2.05, 4.69) is 10.1 Å². The smallest absolute Gasteiger partial charge is 0.387 e. The number of carbonyl (C=O) groups is 2. The van der Waals surface area contributed by atoms with Gasteiger partial charge < -0.3 is 19.7 Å². The summed E-state index contributed by atoms with van der Waals surface area (Å²) in [5.74, 6) is -0.660. The summed E-state index contributed by atoms with van der Waals surface area (Å²) in [6, 6.07) is 11.6. The van der Waals surface area contributed by atoms with E-state index in [-0.39, 0.29) is 29.7 Å². The molecule has 30 heavy (non-hydrogen) atoms. The standard InChI is InChI=1S/C21H21ClF2N2O4/c1-29-17-7-2-13(10-18(17)30-21(23)24)8-9-25-20(28)14-11-19(27)26(12-14)16-5-3-15(22)4-6-16/h2-7,10,14,21H,8-9,11-12H2,1H3,(H,25,28). The molecule has 0 radical (unpaired) electrons. The third-order valence-corrected chi connectivity index (χ3v) is 5.04. The molecule has 3 rings (SSSR count). The van der Waals surface area contributed by atoms with Crippen LogP contribution in [0.2, 0.25) is 5.02 Å². The number of hydrogen-bond acceptors (Lipinski definition) is 4. The van der Waals surface area contributed by atoms with E-state index in [9.17, 15) is 18.4 Å². The van der Waals surface area contributed by atoms with E-state index in [1.807, 2.05) is 0 Å². The molecule has 1 heterocycles. The maximum atomic E-state index is 12.5. The molecule has 1 saturated heterocycles. The molecule has 1 fully saturated rings. The first kappa shape index (κ1) is 21.8. The van der Waals surface area contributed by atoms with E-state index >= 15 is 0 Å². The Bertz CT molecular complexity index is 908. The van der Waals surface area contributed by atoms with Crippen LogP contribution in [-0.2, 0) is 16.0 Å². The van der Waals surface area contributed by atoms with Crippen molar-refractivity contribution in [2.75, 3.05) is 25.1 Å². The highest BCUT2D eigenvalue weighted by Crippen LogP contribution is 2.30. The molecule has 2 aromatic rings. The second kappa shape index (κ2) is 9.75. The van der Waals surface area contributed by atoms with Gasteiger partial charge in [0, 0.05) is 30.2 Å². The maximum Gasteiger partial charge on any atom is 0.387 e. The van der Waals surface area contributed by atoms with Crippen LogP contribution in [0.25, 0.3) is 0 Å². The van der Waals surface area contributed by atoms with Gasteiger partial charge in [-0.3, -0.25) is 9.59 Å². The lowest BCUT2D eigenvalue weighted by Gasteiger charge is -2.17. The third kappa shape index (κ3) is 5.38. The summed E-state index contributed by atoms with van der Waals surface area (Å²) >= 11 is 5.87. The Labute approximate surface area is 177 Å². The van der Waals surface area contributed by atoms with Gasteiger partial charge in [0.25, 0.3) is 0 Å². The monoisotopic (exact) mass is 438 g/mol. The zero-order valence-electron chi connectivity index (χ0n) is 16.2. The fourth-order valence-corrected chi connectivity index (χ4v) is 3.42. The van der Waals surface area contributed by atoms with Crippen LogP contribution >= 0.6 is 11.6 Å². The Morgan fingerprint density at radius 3 is 2.63 bits per heavy atom. The SMILES string of the molecule is COc1ccc(CCNC(=O)C2CC(=O)N(c3ccc(Cl)cc3)C2)cc1OC(F)F. The third-order valence-electron chi connectivity index (χ3n) is 4.79. The predicted octanol–water partition coefficient (Wildman–Crippen LogP) is 3.66. The molecule has 1 unspecified atom stereocenters. The number of benzene rings is 2. The number of rotatable bonds is 8. The van der Waals surface area contributed by atoms with Crippen molar-refractivity contribution < 1.29 is 27.8 Å². The highest BCUT2D eigenvalue weighted by Gasteiger charge is 2.34. The fourth-order valence-electron chi connectivity index (χ4n) is 3.29. The average molecular weight is 439 g/mol. The Morgan fingerprint density at radius 2 is 1.97 bits per heavy atom. The van der Waals surface area contributed by atoms with Gasteiger partial charge in [0.05, 0.1) is 13.0 Å². The lowest BCUT2D eigenvalue weighted by Crippen LogP contribution is -2.34. The molecule has 0 aromatic heterocycles. The minimum absolute atomic E-state index is 0.0590. The summed E-state index contributed by atoms with van der Waals surface area (Å²) in [7, 11) is 1.36. The Morgan fingerprint density at radius 1 is 1.23 bits per heavy atom. The van der Waals surface area contributed by atoms with E-state index in [0.717, 1.165) is 0 Å². The van der Waals surface area contributed by atoms with Crippen molar-refractivity contribution in [2.24, 2.45) is 5.92 Å². The fraction of sp³-hybridized carbons (Fsp3) is 0.333. The van der Waals surface area contributed by atoms with Crippen LogP contribution in [0.15, 0.2) is 42.5 Å². The van der Waals surface area contributed by atoms with Crippen molar-refractivity contribution in [1.29, 1.82) is 0 Å². The quantitative estimate of drug-likeness (QED) is 0.683. The number of hydrogen-bond donors (Lipinski definition) is 1. The van der Waals surface area contributed by atoms with E-state index in [1.165, 1.54) is 19.2 Å². The number of nitrogens with zero attached hydrogens (tertiary/aromatic N) is 1. The van der Waals surface area contributed by atoms with E-state index in [4.69, 9.17) is 16.3 Å². The van der Waals surface area contributed by atoms with Gasteiger partial charge >= 0.3 is 6.61 Å². The molecule has 0 bridgehead atoms. The van der Waals surface area contributed by atoms with Gasteiger partial charge in [-0.1, -0.05) is 17.7 Å². The van der Waals surface area contributed by atoms with Crippen molar-refractivity contribution in [3.63, 3.8) is 0 Å². The lowest BCUT2D eigenvalue weighted by molar-refractivity contribution is -0.126. The average Bonchev–Trinajstić information content (AvgIpc) is 3.10. The van der Waals surface area contributed by atoms with Gasteiger partial charge in [-0.25, -0.2) is 0 Å². The highest BCUT2D eigenvalue weighted by molar-refractivity contribution is 6.30. The Kier molecular flexibility index (Phi) is 7.10. The first-order valence-corrected chi connectivity index (χ1v) is 9.70. The highest BCUT2D eigenvalue weighted by atomic mass is 35.5. The molecule has 0 saturated carbocycles. The summed E-state index contributed by atoms with van der Waals surface area (Å²) in [6.07, 6.45) is 0.542. The zero-order chi connectivity index (χ0) is 21.7. The maximum absolute atomic E-state index is 12.5. The van der Waals surface area contributed by atoms with Crippen LogP contribution in [0.1, 0.15) is 12.0 Å². The number of amides is 2. The van der Waals surface area contributed by atoms with Crippen LogP contribution in [0, 0.1) is 5.92 Å². The molecule has 1 atom stereocenters. The van der Waals surface area contributed by atoms with E-state index in [0.29, 0.717) is 35.8 Å². The summed E-state index contributed by atoms with van der Waals surface area (Å²) in [5.41, 5.74) is 1.40. The van der Waals surface area contributed by atoms with Crippen molar-refractivity contribution in [1.82, 2.24) is 5.32 Å². The number of halogens is 3. The normalized spacial score (nSPS) is 16.1. The van der Waals surface area contributed by atoms with Crippen molar-refractivity contribution in [3.05, 3.63) is 53.1 Å². The predicted molar refractivity (Wildman–Crippen MR) is 108 cm³/mol. The number of ether oxygens (including phenoxy) is 2. The molecule has 1 N–H and O–H groups in total. The lowest BCUT2D eigenvalue weighted by atomic mass is 10.1. The molecular weight excluding hydrogens is 418 g/mol. The topological polar surface area (TPSA) is 67.9 Å². The van der Waals surface area contributed by atoms with E-state index < -0.39 is 12.5 Å². The van der Waals surface area contributed by atoms with Crippen LogP contribution in [0.4, 0.5) is 14.5 Å². The second-order valence-electron chi connectivity index (χ2n) is 6.79. The van der Waals surface area contributed by atoms with Crippen LogP contribution < -0.4 is 19.7 Å². The molecule has 0 aliphatic carbocycles. The van der Waals surface area contributed by atoms with Crippen molar-refractivity contribution in [3.8, 4) is 11.5 Å². The van der Waals surface area contributed by atoms with Gasteiger partial charge in [0.15, 0.2) is 11.5 Å². The summed E-state index contributed by atoms with van der Waals surface area (Å²) in [6.45, 7) is -2.37. The number of alkyl halides is 2. The summed E-state index contributed by atoms with van der Waals surface area (Å²) in [5, 5.41) is 3.37. The number of carbonyl (C=O) groups excluding carboxylic acids is 2. The van der Waals surface area contributed by atoms with Crippen molar-refractivity contribution >= 4 is 29.1 Å². The molecule has 1 aliphatic rings. The van der Waals surface area contributed by atoms with Gasteiger partial charge in [-0.05, 0) is 48.4 Å². The molecule has 1 aliphatic heterocycles. The van der Waals surface area contributed by atoms with Gasteiger partial charge in [-0.2, -0.15) is 8.78 Å². The summed E-state index contributed by atoms with van der Waals surface area (Å²) < 4.78 is 34.5. The zero-order valence-corrected chi connectivity index (χ0v) is 17.0. The molecule has 0 spiro atoms. The van der Waals surface area contributed by atoms with Gasteiger partial charge in [0.1, 0.15) is 0 Å². The van der Waals surface area contributed by atoms with Gasteiger partial charge in [-0.15, -0.1) is 0 Å². The molecular formula is C21H21ClF2N2O4. The largest absolute Gasteiger partial charge is 0.493 e. The molecule has 160 valence electrons. The minimum Gasteiger partial charge on any atom is -0.493 e. The molecule has 6 nitrogen and oxygen atoms in total. The van der Waals surface area contributed by atoms with Crippen LogP contribution in [-0.4, -0.2) is 38.6 Å². The number of methoxy groups -OCH3 is 1. The van der Waals surface area contributed by atoms with Crippen molar-refractivity contribution in [2.45, 2.75) is 19.5 Å². The van der Waals surface area contributed by atoms with Gasteiger partial charge in [0.2, 0.25) is 11.8 Å². The molecule has 2 amide bonds. The first-order chi connectivity index (χ1) is 14.4. The Balaban J connectivity index is 1.54. The number of nitrogens with one attached hydrogen (secondary N) is 1. The summed E-state index contributed by atoms with van der Waals surface area (Å²) in [4.78, 5) is 26.3. The minimum atomic E-state index is -2.96. The van der Waals surface area contributed by atoms with Crippen LogP contribution in [0.5, 0.6) is 11.5 Å². The molecule has 9 heteroatoms. The Hall–Kier alpha value is -2.87.